The van der Waals surface area contributed by atoms with Crippen molar-refractivity contribution in [3.63, 3.8) is 0 Å². The lowest BCUT2D eigenvalue weighted by Crippen LogP contribution is -2.27. The van der Waals surface area contributed by atoms with Crippen LogP contribution in [0.5, 0.6) is 0 Å². The lowest BCUT2D eigenvalue weighted by atomic mass is 10.0. The van der Waals surface area contributed by atoms with Crippen LogP contribution in [0.2, 0.25) is 0 Å². The van der Waals surface area contributed by atoms with Crippen LogP contribution in [0, 0.1) is 6.92 Å². The number of rotatable bonds is 9. The van der Waals surface area contributed by atoms with Crippen LogP contribution in [0.3, 0.4) is 0 Å². The van der Waals surface area contributed by atoms with Gasteiger partial charge in [-0.3, -0.25) is 9.59 Å². The molecule has 0 spiro atoms. The quantitative estimate of drug-likeness (QED) is 0.219. The summed E-state index contributed by atoms with van der Waals surface area (Å²) < 4.78 is 41.4. The molecule has 0 aliphatic carbocycles. The third-order valence-electron chi connectivity index (χ3n) is 6.31. The van der Waals surface area contributed by atoms with E-state index in [-0.39, 0.29) is 18.1 Å². The molecule has 192 valence electrons. The van der Waals surface area contributed by atoms with Gasteiger partial charge in [-0.05, 0) is 48.1 Å². The van der Waals surface area contributed by atoms with Gasteiger partial charge in [0.2, 0.25) is 0 Å². The second kappa shape index (κ2) is 11.2. The average Bonchev–Trinajstić information content (AvgIpc) is 3.52. The summed E-state index contributed by atoms with van der Waals surface area (Å²) >= 11 is 1.40. The van der Waals surface area contributed by atoms with E-state index in [1.54, 1.807) is 18.0 Å². The van der Waals surface area contributed by atoms with Crippen molar-refractivity contribution in [2.75, 3.05) is 13.6 Å². The lowest BCUT2D eigenvalue weighted by molar-refractivity contribution is -0.137. The van der Waals surface area contributed by atoms with Gasteiger partial charge < -0.3 is 9.47 Å². The normalized spacial score (nSPS) is 11.5. The van der Waals surface area contributed by atoms with Gasteiger partial charge >= 0.3 is 6.18 Å². The number of Topliss-reactive ketones (excluding diaryl/α,β-unsaturated/α-hetero) is 1. The van der Waals surface area contributed by atoms with Gasteiger partial charge in [0.05, 0.1) is 10.4 Å². The Balaban J connectivity index is 1.55. The second-order valence-electron chi connectivity index (χ2n) is 8.90. The van der Waals surface area contributed by atoms with Gasteiger partial charge in [-0.2, -0.15) is 13.2 Å². The predicted octanol–water partition coefficient (Wildman–Crippen LogP) is 7.13. The van der Waals surface area contributed by atoms with E-state index in [1.807, 2.05) is 54.8 Å². The zero-order valence-electron chi connectivity index (χ0n) is 20.6. The fourth-order valence-corrected chi connectivity index (χ4v) is 5.08. The van der Waals surface area contributed by atoms with E-state index in [0.717, 1.165) is 29.1 Å². The summed E-state index contributed by atoms with van der Waals surface area (Å²) in [4.78, 5) is 28.2. The van der Waals surface area contributed by atoms with Gasteiger partial charge in [0.1, 0.15) is 0 Å². The summed E-state index contributed by atoms with van der Waals surface area (Å²) in [5.74, 6) is -0.266. The Morgan fingerprint density at radius 1 is 0.973 bits per heavy atom. The average molecular weight is 525 g/mol. The number of hydrogen-bond donors (Lipinski definition) is 0. The lowest BCUT2D eigenvalue weighted by Gasteiger charge is -2.18. The van der Waals surface area contributed by atoms with E-state index in [2.05, 4.69) is 4.57 Å². The monoisotopic (exact) mass is 524 g/mol. The highest BCUT2D eigenvalue weighted by molar-refractivity contribution is 7.12. The molecule has 8 heteroatoms. The molecule has 0 aliphatic heterocycles. The molecule has 1 amide bonds. The number of aromatic nitrogens is 1. The zero-order valence-corrected chi connectivity index (χ0v) is 21.4. The molecule has 0 bridgehead atoms. The molecular weight excluding hydrogens is 497 g/mol. The standard InChI is InChI=1S/C29H27F3N2O2S/c1-20-24(26(35)18-21-9-6-12-23(17-21)29(30,31)32)19-25(22-10-4-3-5-11-22)34(20)15-8-14-33(2)28(36)27-13-7-16-37-27/h3-7,9-13,16-17,19H,8,14-15,18H2,1-2H3. The molecule has 4 rings (SSSR count). The van der Waals surface area contributed by atoms with Gasteiger partial charge in [-0.1, -0.05) is 54.6 Å². The molecule has 0 fully saturated rings. The van der Waals surface area contributed by atoms with E-state index in [4.69, 9.17) is 0 Å². The maximum atomic E-state index is 13.2. The first-order valence-corrected chi connectivity index (χ1v) is 12.8. The summed E-state index contributed by atoms with van der Waals surface area (Å²) in [7, 11) is 1.77. The number of carbonyl (C=O) groups excluding carboxylic acids is 2. The largest absolute Gasteiger partial charge is 0.416 e. The molecule has 0 saturated heterocycles. The second-order valence-corrected chi connectivity index (χ2v) is 9.85. The number of nitrogens with zero attached hydrogens (tertiary/aromatic N) is 2. The number of halogens is 3. The Morgan fingerprint density at radius 3 is 2.41 bits per heavy atom. The van der Waals surface area contributed by atoms with Gasteiger partial charge in [0, 0.05) is 43.5 Å². The van der Waals surface area contributed by atoms with E-state index < -0.39 is 11.7 Å². The van der Waals surface area contributed by atoms with Gasteiger partial charge in [-0.25, -0.2) is 0 Å². The van der Waals surface area contributed by atoms with Crippen molar-refractivity contribution < 1.29 is 22.8 Å². The Labute approximate surface area is 218 Å². The molecule has 2 aromatic carbocycles. The number of ketones is 1. The molecule has 0 unspecified atom stereocenters. The van der Waals surface area contributed by atoms with E-state index in [0.29, 0.717) is 35.5 Å². The highest BCUT2D eigenvalue weighted by Gasteiger charge is 2.30. The van der Waals surface area contributed by atoms with Crippen molar-refractivity contribution in [2.45, 2.75) is 32.5 Å². The molecule has 0 N–H and O–H groups in total. The van der Waals surface area contributed by atoms with Crippen LogP contribution in [0.25, 0.3) is 11.3 Å². The van der Waals surface area contributed by atoms with Crippen molar-refractivity contribution in [2.24, 2.45) is 0 Å². The van der Waals surface area contributed by atoms with Crippen LogP contribution < -0.4 is 0 Å². The van der Waals surface area contributed by atoms with Crippen molar-refractivity contribution in [3.05, 3.63) is 105 Å². The topological polar surface area (TPSA) is 42.3 Å². The van der Waals surface area contributed by atoms with Crippen molar-refractivity contribution in [1.29, 1.82) is 0 Å². The highest BCUT2D eigenvalue weighted by Crippen LogP contribution is 2.31. The summed E-state index contributed by atoms with van der Waals surface area (Å²) in [6, 6.07) is 20.0. The van der Waals surface area contributed by atoms with Gasteiger partial charge in [-0.15, -0.1) is 11.3 Å². The molecule has 37 heavy (non-hydrogen) atoms. The molecule has 0 atom stereocenters. The van der Waals surface area contributed by atoms with Crippen LogP contribution in [0.1, 0.15) is 43.3 Å². The number of thiophene rings is 1. The Bertz CT molecular complexity index is 1380. The first-order chi connectivity index (χ1) is 17.6. The van der Waals surface area contributed by atoms with Crippen LogP contribution in [-0.2, 0) is 19.1 Å². The van der Waals surface area contributed by atoms with Crippen LogP contribution in [0.4, 0.5) is 13.2 Å². The molecule has 2 aromatic heterocycles. The number of amides is 1. The maximum Gasteiger partial charge on any atom is 0.416 e. The van der Waals surface area contributed by atoms with Crippen molar-refractivity contribution in [3.8, 4) is 11.3 Å². The van der Waals surface area contributed by atoms with Crippen LogP contribution >= 0.6 is 11.3 Å². The zero-order chi connectivity index (χ0) is 26.6. The highest BCUT2D eigenvalue weighted by atomic mass is 32.1. The maximum absolute atomic E-state index is 13.2. The first kappa shape index (κ1) is 26.4. The summed E-state index contributed by atoms with van der Waals surface area (Å²) in [6.07, 6.45) is -3.91. The predicted molar refractivity (Wildman–Crippen MR) is 140 cm³/mol. The molecule has 4 aromatic rings. The fraction of sp³-hybridized carbons (Fsp3) is 0.241. The fourth-order valence-electron chi connectivity index (χ4n) is 4.36. The number of benzene rings is 2. The third kappa shape index (κ3) is 6.20. The molecular formula is C29H27F3N2O2S. The Kier molecular flexibility index (Phi) is 7.97. The van der Waals surface area contributed by atoms with Gasteiger partial charge in [0.15, 0.2) is 5.78 Å². The minimum absolute atomic E-state index is 0.0283. The van der Waals surface area contributed by atoms with Gasteiger partial charge in [0.25, 0.3) is 5.91 Å². The van der Waals surface area contributed by atoms with E-state index >= 15 is 0 Å². The van der Waals surface area contributed by atoms with Crippen molar-refractivity contribution in [1.82, 2.24) is 9.47 Å². The van der Waals surface area contributed by atoms with E-state index in [9.17, 15) is 22.8 Å². The SMILES string of the molecule is Cc1c(C(=O)Cc2cccc(C(F)(F)F)c2)cc(-c2ccccc2)n1CCCN(C)C(=O)c1cccs1. The smallest absolute Gasteiger partial charge is 0.344 e. The summed E-state index contributed by atoms with van der Waals surface area (Å²) in [5.41, 5.74) is 2.59. The van der Waals surface area contributed by atoms with Crippen LogP contribution in [0.15, 0.2) is 78.2 Å². The Hall–Kier alpha value is -3.65. The third-order valence-corrected chi connectivity index (χ3v) is 7.17. The molecule has 2 heterocycles. The summed E-state index contributed by atoms with van der Waals surface area (Å²) in [5, 5.41) is 1.87. The number of carbonyl (C=O) groups is 2. The van der Waals surface area contributed by atoms with Crippen molar-refractivity contribution >= 4 is 23.0 Å². The Morgan fingerprint density at radius 2 is 1.73 bits per heavy atom. The molecule has 0 saturated carbocycles. The molecule has 4 nitrogen and oxygen atoms in total. The molecule has 0 aliphatic rings. The minimum atomic E-state index is -4.46. The number of hydrogen-bond acceptors (Lipinski definition) is 3. The summed E-state index contributed by atoms with van der Waals surface area (Å²) in [6.45, 7) is 2.97. The van der Waals surface area contributed by atoms with E-state index in [1.165, 1.54) is 23.5 Å². The molecule has 0 radical (unpaired) electrons. The first-order valence-electron chi connectivity index (χ1n) is 11.9. The minimum Gasteiger partial charge on any atom is -0.344 e. The number of alkyl halides is 3. The van der Waals surface area contributed by atoms with Crippen LogP contribution in [-0.4, -0.2) is 34.7 Å².